The quantitative estimate of drug-likeness (QED) is 0.679. The van der Waals surface area contributed by atoms with E-state index in [4.69, 9.17) is 4.74 Å². The van der Waals surface area contributed by atoms with Crippen molar-refractivity contribution in [3.63, 3.8) is 0 Å². The van der Waals surface area contributed by atoms with Gasteiger partial charge in [0.25, 0.3) is 0 Å². The van der Waals surface area contributed by atoms with E-state index < -0.39 is 0 Å². The minimum Gasteiger partial charge on any atom is -0.376 e. The Balaban J connectivity index is 2.36. The summed E-state index contributed by atoms with van der Waals surface area (Å²) in [7, 11) is 0. The molecule has 0 saturated heterocycles. The molecule has 3 rings (SSSR count). The molecule has 2 aromatic rings. The summed E-state index contributed by atoms with van der Waals surface area (Å²) in [4.78, 5) is 3.13. The fraction of sp³-hybridized carbons (Fsp3) is 0.273. The highest BCUT2D eigenvalue weighted by molar-refractivity contribution is 5.85. The van der Waals surface area contributed by atoms with Crippen molar-refractivity contribution in [3.8, 4) is 0 Å². The summed E-state index contributed by atoms with van der Waals surface area (Å²) in [5.74, 6) is -0.183. The molecule has 0 atom stereocenters. The van der Waals surface area contributed by atoms with Gasteiger partial charge in [0, 0.05) is 23.1 Å². The number of hydrogen-bond donors (Lipinski definition) is 1. The van der Waals surface area contributed by atoms with Gasteiger partial charge in [-0.3, -0.25) is 0 Å². The SMILES string of the molecule is Fc1cccc2c3c([nH]c12)CCOC3. The lowest BCUT2D eigenvalue weighted by Gasteiger charge is -2.11. The van der Waals surface area contributed by atoms with Crippen molar-refractivity contribution in [2.75, 3.05) is 6.61 Å². The van der Waals surface area contributed by atoms with Gasteiger partial charge in [0.2, 0.25) is 0 Å². The number of ether oxygens (including phenoxy) is 1. The van der Waals surface area contributed by atoms with E-state index in [9.17, 15) is 4.39 Å². The van der Waals surface area contributed by atoms with Crippen molar-refractivity contribution in [1.29, 1.82) is 0 Å². The molecule has 1 aliphatic heterocycles. The molecule has 1 N–H and O–H groups in total. The minimum absolute atomic E-state index is 0.183. The number of H-pyrrole nitrogens is 1. The fourth-order valence-electron chi connectivity index (χ4n) is 2.02. The van der Waals surface area contributed by atoms with Gasteiger partial charge in [-0.1, -0.05) is 12.1 Å². The fourth-order valence-corrected chi connectivity index (χ4v) is 2.02. The Morgan fingerprint density at radius 1 is 1.36 bits per heavy atom. The minimum atomic E-state index is -0.183. The van der Waals surface area contributed by atoms with Gasteiger partial charge in [0.1, 0.15) is 5.82 Å². The van der Waals surface area contributed by atoms with Crippen LogP contribution in [0.1, 0.15) is 11.3 Å². The Bertz CT molecular complexity index is 489. The zero-order chi connectivity index (χ0) is 9.54. The second kappa shape index (κ2) is 2.82. The van der Waals surface area contributed by atoms with E-state index in [1.165, 1.54) is 6.07 Å². The third-order valence-electron chi connectivity index (χ3n) is 2.72. The molecule has 1 aromatic heterocycles. The van der Waals surface area contributed by atoms with Gasteiger partial charge in [-0.25, -0.2) is 4.39 Å². The van der Waals surface area contributed by atoms with Crippen LogP contribution in [0.4, 0.5) is 4.39 Å². The normalized spacial score (nSPS) is 15.8. The molecule has 2 heterocycles. The number of hydrogen-bond acceptors (Lipinski definition) is 1. The highest BCUT2D eigenvalue weighted by Gasteiger charge is 2.16. The monoisotopic (exact) mass is 191 g/mol. The number of fused-ring (bicyclic) bond motifs is 3. The van der Waals surface area contributed by atoms with Crippen molar-refractivity contribution in [2.45, 2.75) is 13.0 Å². The number of aromatic nitrogens is 1. The number of nitrogens with one attached hydrogen (secondary N) is 1. The Morgan fingerprint density at radius 3 is 3.21 bits per heavy atom. The maximum absolute atomic E-state index is 13.4. The predicted molar refractivity (Wildman–Crippen MR) is 51.6 cm³/mol. The average Bonchev–Trinajstić information content (AvgIpc) is 2.59. The number of halogens is 1. The van der Waals surface area contributed by atoms with E-state index in [1.54, 1.807) is 6.07 Å². The first-order valence-corrected chi connectivity index (χ1v) is 4.72. The van der Waals surface area contributed by atoms with Crippen LogP contribution in [0.5, 0.6) is 0 Å². The van der Waals surface area contributed by atoms with E-state index in [0.29, 0.717) is 12.1 Å². The Hall–Kier alpha value is -1.35. The molecule has 14 heavy (non-hydrogen) atoms. The number of para-hydroxylation sites is 1. The summed E-state index contributed by atoms with van der Waals surface area (Å²) in [6.45, 7) is 1.32. The lowest BCUT2D eigenvalue weighted by molar-refractivity contribution is 0.111. The molecular weight excluding hydrogens is 181 g/mol. The maximum atomic E-state index is 13.4. The van der Waals surface area contributed by atoms with E-state index in [-0.39, 0.29) is 5.82 Å². The summed E-state index contributed by atoms with van der Waals surface area (Å²) in [5.41, 5.74) is 2.85. The van der Waals surface area contributed by atoms with Crippen LogP contribution in [-0.4, -0.2) is 11.6 Å². The van der Waals surface area contributed by atoms with Crippen LogP contribution in [-0.2, 0) is 17.8 Å². The Labute approximate surface area is 80.7 Å². The van der Waals surface area contributed by atoms with Gasteiger partial charge in [-0.2, -0.15) is 0 Å². The standard InChI is InChI=1S/C11H10FNO/c12-9-3-1-2-7-8-6-14-5-4-10(8)13-11(7)9/h1-3,13H,4-6H2. The molecule has 3 heteroatoms. The first-order chi connectivity index (χ1) is 6.86. The molecule has 0 radical (unpaired) electrons. The highest BCUT2D eigenvalue weighted by Crippen LogP contribution is 2.27. The number of benzene rings is 1. The van der Waals surface area contributed by atoms with Crippen molar-refractivity contribution >= 4 is 10.9 Å². The molecule has 0 aliphatic carbocycles. The number of rotatable bonds is 0. The van der Waals surface area contributed by atoms with E-state index in [1.807, 2.05) is 6.07 Å². The van der Waals surface area contributed by atoms with Crippen LogP contribution in [0.15, 0.2) is 18.2 Å². The molecule has 0 spiro atoms. The van der Waals surface area contributed by atoms with Gasteiger partial charge >= 0.3 is 0 Å². The van der Waals surface area contributed by atoms with E-state index in [2.05, 4.69) is 4.98 Å². The Kier molecular flexibility index (Phi) is 1.61. The predicted octanol–water partition coefficient (Wildman–Crippen LogP) is 2.38. The van der Waals surface area contributed by atoms with Crippen LogP contribution in [0.2, 0.25) is 0 Å². The first-order valence-electron chi connectivity index (χ1n) is 4.72. The lowest BCUT2D eigenvalue weighted by Crippen LogP contribution is -2.08. The summed E-state index contributed by atoms with van der Waals surface area (Å²) >= 11 is 0. The third kappa shape index (κ3) is 0.990. The Morgan fingerprint density at radius 2 is 2.29 bits per heavy atom. The second-order valence-electron chi connectivity index (χ2n) is 3.55. The van der Waals surface area contributed by atoms with Crippen molar-refractivity contribution in [2.24, 2.45) is 0 Å². The van der Waals surface area contributed by atoms with Crippen LogP contribution >= 0.6 is 0 Å². The molecule has 0 amide bonds. The van der Waals surface area contributed by atoms with Gasteiger partial charge in [0.05, 0.1) is 18.7 Å². The first kappa shape index (κ1) is 8.00. The summed E-state index contributed by atoms with van der Waals surface area (Å²) in [6, 6.07) is 5.15. The zero-order valence-corrected chi connectivity index (χ0v) is 7.64. The topological polar surface area (TPSA) is 25.0 Å². The average molecular weight is 191 g/mol. The molecule has 0 unspecified atom stereocenters. The zero-order valence-electron chi connectivity index (χ0n) is 7.64. The summed E-state index contributed by atoms with van der Waals surface area (Å²) < 4.78 is 18.8. The van der Waals surface area contributed by atoms with Crippen molar-refractivity contribution in [1.82, 2.24) is 4.98 Å². The molecular formula is C11H10FNO. The molecule has 2 nitrogen and oxygen atoms in total. The molecule has 0 saturated carbocycles. The maximum Gasteiger partial charge on any atom is 0.147 e. The molecule has 72 valence electrons. The van der Waals surface area contributed by atoms with Gasteiger partial charge < -0.3 is 9.72 Å². The lowest BCUT2D eigenvalue weighted by atomic mass is 10.1. The second-order valence-corrected chi connectivity index (χ2v) is 3.55. The smallest absolute Gasteiger partial charge is 0.147 e. The molecule has 0 bridgehead atoms. The van der Waals surface area contributed by atoms with Gasteiger partial charge in [-0.15, -0.1) is 0 Å². The highest BCUT2D eigenvalue weighted by atomic mass is 19.1. The van der Waals surface area contributed by atoms with Crippen LogP contribution in [0, 0.1) is 5.82 Å². The van der Waals surface area contributed by atoms with Crippen molar-refractivity contribution < 1.29 is 9.13 Å². The molecule has 0 fully saturated rings. The van der Waals surface area contributed by atoms with Crippen molar-refractivity contribution in [3.05, 3.63) is 35.3 Å². The van der Waals surface area contributed by atoms with Crippen LogP contribution in [0.25, 0.3) is 10.9 Å². The van der Waals surface area contributed by atoms with Gasteiger partial charge in [0.15, 0.2) is 0 Å². The van der Waals surface area contributed by atoms with Crippen LogP contribution < -0.4 is 0 Å². The molecule has 1 aromatic carbocycles. The van der Waals surface area contributed by atoms with Crippen LogP contribution in [0.3, 0.4) is 0 Å². The number of aromatic amines is 1. The van der Waals surface area contributed by atoms with E-state index in [0.717, 1.165) is 29.7 Å². The largest absolute Gasteiger partial charge is 0.376 e. The summed E-state index contributed by atoms with van der Waals surface area (Å²) in [5, 5.41) is 0.958. The summed E-state index contributed by atoms with van der Waals surface area (Å²) in [6.07, 6.45) is 0.851. The van der Waals surface area contributed by atoms with E-state index >= 15 is 0 Å². The third-order valence-corrected chi connectivity index (χ3v) is 2.72. The van der Waals surface area contributed by atoms with Gasteiger partial charge in [-0.05, 0) is 6.07 Å². The molecule has 1 aliphatic rings.